The second-order valence-electron chi connectivity index (χ2n) is 6.65. The summed E-state index contributed by atoms with van der Waals surface area (Å²) in [7, 11) is -1.55. The molecule has 0 aliphatic heterocycles. The molecule has 16 heavy (non-hydrogen) atoms. The predicted molar refractivity (Wildman–Crippen MR) is 74.2 cm³/mol. The van der Waals surface area contributed by atoms with Gasteiger partial charge in [-0.3, -0.25) is 0 Å². The lowest BCUT2D eigenvalue weighted by molar-refractivity contribution is 0.125. The molecule has 0 atom stereocenters. The Labute approximate surface area is 102 Å². The summed E-state index contributed by atoms with van der Waals surface area (Å²) in [6.07, 6.45) is 7.61. The lowest BCUT2D eigenvalue weighted by atomic mass is 9.88. The molecule has 1 nitrogen and oxygen atoms in total. The van der Waals surface area contributed by atoms with Crippen molar-refractivity contribution in [2.45, 2.75) is 70.7 Å². The summed E-state index contributed by atoms with van der Waals surface area (Å²) in [5.41, 5.74) is 0. The number of rotatable bonds is 3. The first-order chi connectivity index (χ1) is 7.26. The lowest BCUT2D eigenvalue weighted by Gasteiger charge is -2.41. The smallest absolute Gasteiger partial charge is 0.192 e. The highest BCUT2D eigenvalue weighted by Gasteiger charge is 2.39. The first-order valence-electron chi connectivity index (χ1n) is 6.56. The normalized spacial score (nSPS) is 27.8. The van der Waals surface area contributed by atoms with E-state index in [2.05, 4.69) is 46.5 Å². The zero-order valence-electron chi connectivity index (χ0n) is 11.7. The van der Waals surface area contributed by atoms with E-state index in [-0.39, 0.29) is 0 Å². The molecule has 94 valence electrons. The van der Waals surface area contributed by atoms with Gasteiger partial charge in [0, 0.05) is 6.10 Å². The fourth-order valence-electron chi connectivity index (χ4n) is 2.04. The predicted octanol–water partition coefficient (Wildman–Crippen LogP) is 4.75. The van der Waals surface area contributed by atoms with Gasteiger partial charge in [-0.2, -0.15) is 0 Å². The maximum absolute atomic E-state index is 6.44. The van der Waals surface area contributed by atoms with Crippen LogP contribution in [0.15, 0.2) is 12.7 Å². The van der Waals surface area contributed by atoms with E-state index in [4.69, 9.17) is 4.43 Å². The maximum Gasteiger partial charge on any atom is 0.192 e. The molecule has 1 fully saturated rings. The van der Waals surface area contributed by atoms with Crippen molar-refractivity contribution in [1.82, 2.24) is 0 Å². The summed E-state index contributed by atoms with van der Waals surface area (Å²) < 4.78 is 6.44. The molecule has 0 heterocycles. The fraction of sp³-hybridized carbons (Fsp3) is 0.857. The highest BCUT2D eigenvalue weighted by molar-refractivity contribution is 6.74. The van der Waals surface area contributed by atoms with Crippen molar-refractivity contribution in [3.63, 3.8) is 0 Å². The molecular formula is C14H28OSi. The molecule has 2 heteroatoms. The first kappa shape index (κ1) is 14.0. The maximum atomic E-state index is 6.44. The molecule has 0 saturated heterocycles. The molecule has 0 aromatic heterocycles. The van der Waals surface area contributed by atoms with Crippen molar-refractivity contribution < 1.29 is 4.43 Å². The average molecular weight is 240 g/mol. The minimum Gasteiger partial charge on any atom is -0.414 e. The molecular weight excluding hydrogens is 212 g/mol. The van der Waals surface area contributed by atoms with Gasteiger partial charge in [-0.25, -0.2) is 0 Å². The fourth-order valence-corrected chi connectivity index (χ4v) is 3.46. The summed E-state index contributed by atoms with van der Waals surface area (Å²) in [6.45, 7) is 15.5. The Bertz CT molecular complexity index is 232. The molecule has 0 amide bonds. The van der Waals surface area contributed by atoms with Crippen LogP contribution in [0.3, 0.4) is 0 Å². The Morgan fingerprint density at radius 2 is 1.62 bits per heavy atom. The van der Waals surface area contributed by atoms with Gasteiger partial charge in [0.25, 0.3) is 0 Å². The van der Waals surface area contributed by atoms with E-state index >= 15 is 0 Å². The Morgan fingerprint density at radius 1 is 1.12 bits per heavy atom. The average Bonchev–Trinajstić information content (AvgIpc) is 2.16. The Morgan fingerprint density at radius 3 is 2.00 bits per heavy atom. The molecule has 1 saturated carbocycles. The minimum absolute atomic E-state index is 0.336. The Hall–Kier alpha value is -0.0831. The zero-order valence-corrected chi connectivity index (χ0v) is 12.7. The number of allylic oxidation sites excluding steroid dienone is 1. The van der Waals surface area contributed by atoms with Crippen molar-refractivity contribution in [2.75, 3.05) is 0 Å². The standard InChI is InChI=1S/C14H28OSi/c1-7-12-8-10-13(11-9-12)15-16(5,6)14(2,3)4/h7,12-13H,1,8-11H2,2-6H3. The third-order valence-electron chi connectivity index (χ3n) is 4.32. The van der Waals surface area contributed by atoms with Gasteiger partial charge in [-0.1, -0.05) is 26.8 Å². The molecule has 0 aromatic rings. The van der Waals surface area contributed by atoms with E-state index in [0.717, 1.165) is 5.92 Å². The SMILES string of the molecule is C=CC1CCC(O[Si](C)(C)C(C)(C)C)CC1. The summed E-state index contributed by atoms with van der Waals surface area (Å²) in [4.78, 5) is 0. The molecule has 0 N–H and O–H groups in total. The van der Waals surface area contributed by atoms with Gasteiger partial charge in [0.2, 0.25) is 0 Å². The summed E-state index contributed by atoms with van der Waals surface area (Å²) in [5, 5.41) is 0.336. The molecule has 1 aliphatic carbocycles. The van der Waals surface area contributed by atoms with Crippen molar-refractivity contribution in [3.05, 3.63) is 12.7 Å². The molecule has 0 spiro atoms. The third-order valence-corrected chi connectivity index (χ3v) is 8.85. The van der Waals surface area contributed by atoms with Gasteiger partial charge >= 0.3 is 0 Å². The Kier molecular flexibility index (Phi) is 4.41. The lowest BCUT2D eigenvalue weighted by Crippen LogP contribution is -2.44. The van der Waals surface area contributed by atoms with Crippen molar-refractivity contribution in [1.29, 1.82) is 0 Å². The van der Waals surface area contributed by atoms with Gasteiger partial charge in [0.05, 0.1) is 0 Å². The van der Waals surface area contributed by atoms with Crippen LogP contribution in [0.5, 0.6) is 0 Å². The highest BCUT2D eigenvalue weighted by atomic mass is 28.4. The topological polar surface area (TPSA) is 9.23 Å². The van der Waals surface area contributed by atoms with Gasteiger partial charge < -0.3 is 4.43 Å². The van der Waals surface area contributed by atoms with E-state index in [9.17, 15) is 0 Å². The van der Waals surface area contributed by atoms with E-state index in [0.29, 0.717) is 11.1 Å². The van der Waals surface area contributed by atoms with Crippen LogP contribution < -0.4 is 0 Å². The van der Waals surface area contributed by atoms with Crippen molar-refractivity contribution in [3.8, 4) is 0 Å². The highest BCUT2D eigenvalue weighted by Crippen LogP contribution is 2.39. The molecule has 0 radical (unpaired) electrons. The number of hydrogen-bond acceptors (Lipinski definition) is 1. The van der Waals surface area contributed by atoms with Gasteiger partial charge in [-0.15, -0.1) is 6.58 Å². The summed E-state index contributed by atoms with van der Waals surface area (Å²) >= 11 is 0. The molecule has 0 aromatic carbocycles. The van der Waals surface area contributed by atoms with Gasteiger partial charge in [-0.05, 0) is 49.7 Å². The molecule has 1 aliphatic rings. The quantitative estimate of drug-likeness (QED) is 0.511. The first-order valence-corrected chi connectivity index (χ1v) is 9.47. The van der Waals surface area contributed by atoms with Crippen LogP contribution in [-0.4, -0.2) is 14.4 Å². The van der Waals surface area contributed by atoms with E-state index in [1.54, 1.807) is 0 Å². The second kappa shape index (κ2) is 5.05. The van der Waals surface area contributed by atoms with Crippen LogP contribution >= 0.6 is 0 Å². The molecule has 0 bridgehead atoms. The van der Waals surface area contributed by atoms with Crippen molar-refractivity contribution >= 4 is 8.32 Å². The van der Waals surface area contributed by atoms with Crippen LogP contribution in [-0.2, 0) is 4.43 Å². The monoisotopic (exact) mass is 240 g/mol. The summed E-state index contributed by atoms with van der Waals surface area (Å²) in [6, 6.07) is 0. The van der Waals surface area contributed by atoms with Crippen molar-refractivity contribution in [2.24, 2.45) is 5.92 Å². The number of hydrogen-bond donors (Lipinski definition) is 0. The second-order valence-corrected chi connectivity index (χ2v) is 11.4. The van der Waals surface area contributed by atoms with Crippen LogP contribution in [0.25, 0.3) is 0 Å². The summed E-state index contributed by atoms with van der Waals surface area (Å²) in [5.74, 6) is 0.735. The molecule has 0 unspecified atom stereocenters. The largest absolute Gasteiger partial charge is 0.414 e. The Balaban J connectivity index is 2.47. The van der Waals surface area contributed by atoms with E-state index in [1.165, 1.54) is 25.7 Å². The van der Waals surface area contributed by atoms with Gasteiger partial charge in [0.1, 0.15) is 0 Å². The molecule has 1 rings (SSSR count). The van der Waals surface area contributed by atoms with Crippen LogP contribution in [0.2, 0.25) is 18.1 Å². The van der Waals surface area contributed by atoms with E-state index < -0.39 is 8.32 Å². The third kappa shape index (κ3) is 3.46. The van der Waals surface area contributed by atoms with Crippen LogP contribution in [0.4, 0.5) is 0 Å². The van der Waals surface area contributed by atoms with E-state index in [1.807, 2.05) is 0 Å². The van der Waals surface area contributed by atoms with Crippen LogP contribution in [0, 0.1) is 5.92 Å². The minimum atomic E-state index is -1.55. The van der Waals surface area contributed by atoms with Gasteiger partial charge in [0.15, 0.2) is 8.32 Å². The zero-order chi connectivity index (χ0) is 12.4. The van der Waals surface area contributed by atoms with Crippen LogP contribution in [0.1, 0.15) is 46.5 Å².